The van der Waals surface area contributed by atoms with E-state index < -0.39 is 0 Å². The highest BCUT2D eigenvalue weighted by atomic mass is 35.5. The Balaban J connectivity index is 1.68. The van der Waals surface area contributed by atoms with Crippen LogP contribution in [-0.2, 0) is 0 Å². The summed E-state index contributed by atoms with van der Waals surface area (Å²) in [7, 11) is 0. The van der Waals surface area contributed by atoms with Crippen molar-refractivity contribution in [1.82, 2.24) is 9.88 Å². The average Bonchev–Trinajstić information content (AvgIpc) is 2.52. The Bertz CT molecular complexity index is 635. The van der Waals surface area contributed by atoms with E-state index in [4.69, 9.17) is 11.6 Å². The van der Waals surface area contributed by atoms with Gasteiger partial charge in [-0.2, -0.15) is 0 Å². The van der Waals surface area contributed by atoms with Crippen LogP contribution in [0.3, 0.4) is 0 Å². The fourth-order valence-electron chi connectivity index (χ4n) is 3.59. The van der Waals surface area contributed by atoms with E-state index in [1.165, 1.54) is 25.9 Å². The minimum absolute atomic E-state index is 0.557. The topological polar surface area (TPSA) is 28.2 Å². The van der Waals surface area contributed by atoms with Crippen LogP contribution < -0.4 is 5.32 Å². The number of aromatic nitrogens is 1. The molecule has 20 heavy (non-hydrogen) atoms. The van der Waals surface area contributed by atoms with Gasteiger partial charge < -0.3 is 10.2 Å². The first-order chi connectivity index (χ1) is 9.81. The predicted octanol–water partition coefficient (Wildman–Crippen LogP) is 3.39. The summed E-state index contributed by atoms with van der Waals surface area (Å²) in [5, 5.41) is 5.59. The lowest BCUT2D eigenvalue weighted by Gasteiger charge is -2.45. The molecule has 3 aliphatic heterocycles. The molecule has 1 aromatic carbocycles. The molecule has 3 aliphatic rings. The summed E-state index contributed by atoms with van der Waals surface area (Å²) in [6.07, 6.45) is 4.44. The zero-order valence-corrected chi connectivity index (χ0v) is 12.1. The van der Waals surface area contributed by atoms with Crippen molar-refractivity contribution in [3.05, 3.63) is 35.5 Å². The zero-order valence-electron chi connectivity index (χ0n) is 11.3. The standard InChI is InChI=1S/C16H18ClN3/c17-13-3-4-14(12-2-1-7-18-16(12)13)19-15-10-20-8-5-11(15)6-9-20/h1-4,7,11,15,19H,5-6,8-10H2. The molecule has 104 valence electrons. The highest BCUT2D eigenvalue weighted by molar-refractivity contribution is 6.35. The Morgan fingerprint density at radius 3 is 2.80 bits per heavy atom. The Morgan fingerprint density at radius 1 is 1.20 bits per heavy atom. The second-order valence-corrected chi connectivity index (χ2v) is 6.29. The van der Waals surface area contributed by atoms with Gasteiger partial charge in [0.05, 0.1) is 10.5 Å². The van der Waals surface area contributed by atoms with E-state index in [0.29, 0.717) is 6.04 Å². The third-order valence-corrected chi connectivity index (χ3v) is 5.02. The molecule has 2 bridgehead atoms. The molecule has 0 amide bonds. The van der Waals surface area contributed by atoms with E-state index in [9.17, 15) is 0 Å². The van der Waals surface area contributed by atoms with Crippen molar-refractivity contribution in [2.45, 2.75) is 18.9 Å². The molecule has 3 nitrogen and oxygen atoms in total. The maximum absolute atomic E-state index is 6.24. The molecule has 5 rings (SSSR count). The zero-order chi connectivity index (χ0) is 13.5. The first kappa shape index (κ1) is 12.4. The summed E-state index contributed by atoms with van der Waals surface area (Å²) in [4.78, 5) is 6.96. The SMILES string of the molecule is Clc1ccc(NC2CN3CCC2CC3)c2cccnc12. The van der Waals surface area contributed by atoms with Crippen LogP contribution in [0.25, 0.3) is 10.9 Å². The molecular formula is C16H18ClN3. The molecule has 1 N–H and O–H groups in total. The van der Waals surface area contributed by atoms with Crippen LogP contribution in [0.4, 0.5) is 5.69 Å². The van der Waals surface area contributed by atoms with Gasteiger partial charge in [-0.15, -0.1) is 0 Å². The van der Waals surface area contributed by atoms with Crippen LogP contribution >= 0.6 is 11.6 Å². The number of nitrogens with one attached hydrogen (secondary N) is 1. The van der Waals surface area contributed by atoms with Crippen molar-refractivity contribution in [2.24, 2.45) is 5.92 Å². The van der Waals surface area contributed by atoms with Gasteiger partial charge in [-0.25, -0.2) is 0 Å². The van der Waals surface area contributed by atoms with Gasteiger partial charge >= 0.3 is 0 Å². The molecule has 3 fully saturated rings. The number of nitrogens with zero attached hydrogens (tertiary/aromatic N) is 2. The summed E-state index contributed by atoms with van der Waals surface area (Å²) in [6.45, 7) is 3.70. The number of anilines is 1. The molecule has 1 unspecified atom stereocenters. The fraction of sp³-hybridized carbons (Fsp3) is 0.438. The largest absolute Gasteiger partial charge is 0.380 e. The molecule has 0 spiro atoms. The van der Waals surface area contributed by atoms with Crippen LogP contribution in [0.15, 0.2) is 30.5 Å². The van der Waals surface area contributed by atoms with Crippen LogP contribution in [-0.4, -0.2) is 35.6 Å². The number of fused-ring (bicyclic) bond motifs is 4. The van der Waals surface area contributed by atoms with Gasteiger partial charge in [-0.3, -0.25) is 4.98 Å². The highest BCUT2D eigenvalue weighted by Crippen LogP contribution is 2.33. The predicted molar refractivity (Wildman–Crippen MR) is 83.3 cm³/mol. The molecule has 0 saturated carbocycles. The summed E-state index contributed by atoms with van der Waals surface area (Å²) in [5.74, 6) is 0.808. The number of pyridine rings is 1. The lowest BCUT2D eigenvalue weighted by molar-refractivity contribution is 0.0976. The van der Waals surface area contributed by atoms with E-state index in [1.807, 2.05) is 12.1 Å². The van der Waals surface area contributed by atoms with E-state index in [1.54, 1.807) is 6.20 Å². The van der Waals surface area contributed by atoms with Crippen molar-refractivity contribution >= 4 is 28.2 Å². The Kier molecular flexibility index (Phi) is 3.04. The van der Waals surface area contributed by atoms with Gasteiger partial charge in [0.15, 0.2) is 0 Å². The molecule has 3 saturated heterocycles. The molecular weight excluding hydrogens is 270 g/mol. The van der Waals surface area contributed by atoms with E-state index in [-0.39, 0.29) is 0 Å². The monoisotopic (exact) mass is 287 g/mol. The van der Waals surface area contributed by atoms with Crippen molar-refractivity contribution in [1.29, 1.82) is 0 Å². The van der Waals surface area contributed by atoms with Crippen LogP contribution in [0.5, 0.6) is 0 Å². The second kappa shape index (κ2) is 4.90. The Labute approximate surface area is 123 Å². The molecule has 0 aliphatic carbocycles. The number of hydrogen-bond donors (Lipinski definition) is 1. The van der Waals surface area contributed by atoms with Gasteiger partial charge in [-0.1, -0.05) is 11.6 Å². The number of hydrogen-bond acceptors (Lipinski definition) is 3. The third kappa shape index (κ3) is 2.05. The van der Waals surface area contributed by atoms with Crippen LogP contribution in [0.1, 0.15) is 12.8 Å². The third-order valence-electron chi connectivity index (χ3n) is 4.72. The Hall–Kier alpha value is -1.32. The fourth-order valence-corrected chi connectivity index (χ4v) is 3.81. The molecule has 1 aromatic heterocycles. The van der Waals surface area contributed by atoms with E-state index >= 15 is 0 Å². The van der Waals surface area contributed by atoms with Crippen molar-refractivity contribution in [3.63, 3.8) is 0 Å². The average molecular weight is 288 g/mol. The molecule has 4 heteroatoms. The minimum atomic E-state index is 0.557. The lowest BCUT2D eigenvalue weighted by atomic mass is 9.84. The normalized spacial score (nSPS) is 28.8. The second-order valence-electron chi connectivity index (χ2n) is 5.88. The van der Waals surface area contributed by atoms with Crippen molar-refractivity contribution in [3.8, 4) is 0 Å². The van der Waals surface area contributed by atoms with E-state index in [2.05, 4.69) is 27.3 Å². The number of halogens is 1. The maximum Gasteiger partial charge on any atom is 0.0908 e. The van der Waals surface area contributed by atoms with Crippen LogP contribution in [0.2, 0.25) is 5.02 Å². The van der Waals surface area contributed by atoms with Crippen molar-refractivity contribution < 1.29 is 0 Å². The highest BCUT2D eigenvalue weighted by Gasteiger charge is 2.34. The van der Waals surface area contributed by atoms with Gasteiger partial charge in [0.1, 0.15) is 0 Å². The number of rotatable bonds is 2. The summed E-state index contributed by atoms with van der Waals surface area (Å²) in [5.41, 5.74) is 2.05. The maximum atomic E-state index is 6.24. The molecule has 1 atom stereocenters. The van der Waals surface area contributed by atoms with Crippen molar-refractivity contribution in [2.75, 3.05) is 25.0 Å². The number of piperidine rings is 3. The molecule has 4 heterocycles. The first-order valence-corrected chi connectivity index (χ1v) is 7.71. The summed E-state index contributed by atoms with van der Waals surface area (Å²) < 4.78 is 0. The lowest BCUT2D eigenvalue weighted by Crippen LogP contribution is -2.53. The number of benzene rings is 1. The van der Waals surface area contributed by atoms with E-state index in [0.717, 1.165) is 34.1 Å². The van der Waals surface area contributed by atoms with Crippen LogP contribution in [0, 0.1) is 5.92 Å². The van der Waals surface area contributed by atoms with Gasteiger partial charge in [0, 0.05) is 29.9 Å². The molecule has 2 aromatic rings. The quantitative estimate of drug-likeness (QED) is 0.918. The van der Waals surface area contributed by atoms with Gasteiger partial charge in [-0.05, 0) is 56.1 Å². The smallest absolute Gasteiger partial charge is 0.0908 e. The summed E-state index contributed by atoms with van der Waals surface area (Å²) in [6, 6.07) is 8.66. The van der Waals surface area contributed by atoms with Gasteiger partial charge in [0.25, 0.3) is 0 Å². The first-order valence-electron chi connectivity index (χ1n) is 7.33. The minimum Gasteiger partial charge on any atom is -0.380 e. The summed E-state index contributed by atoms with van der Waals surface area (Å²) >= 11 is 6.24. The van der Waals surface area contributed by atoms with Gasteiger partial charge in [0.2, 0.25) is 0 Å². The Morgan fingerprint density at radius 2 is 2.05 bits per heavy atom. The molecule has 0 radical (unpaired) electrons.